The van der Waals surface area contributed by atoms with Gasteiger partial charge in [-0.2, -0.15) is 5.10 Å². The first-order chi connectivity index (χ1) is 17.2. The maximum atomic E-state index is 12.6. The van der Waals surface area contributed by atoms with Gasteiger partial charge >= 0.3 is 0 Å². The Bertz CT molecular complexity index is 1360. The Balaban J connectivity index is 1.23. The van der Waals surface area contributed by atoms with Crippen LogP contribution in [-0.4, -0.2) is 25.2 Å². The molecule has 0 unspecified atom stereocenters. The molecule has 1 N–H and O–H groups in total. The lowest BCUT2D eigenvalue weighted by Crippen LogP contribution is -2.19. The SMILES string of the molecule is O=C(N/N=C\c1cc(Br)ccc1OCc1ccc2ccccc2c1)c1ccc(N2CCCC2)cc1. The summed E-state index contributed by atoms with van der Waals surface area (Å²) in [6, 6.07) is 28.0. The van der Waals surface area contributed by atoms with Gasteiger partial charge in [0.2, 0.25) is 0 Å². The average Bonchev–Trinajstić information content (AvgIpc) is 3.43. The van der Waals surface area contributed by atoms with E-state index in [-0.39, 0.29) is 5.91 Å². The van der Waals surface area contributed by atoms with E-state index in [4.69, 9.17) is 4.74 Å². The van der Waals surface area contributed by atoms with Crippen molar-refractivity contribution in [3.05, 3.63) is 106 Å². The van der Waals surface area contributed by atoms with Crippen LogP contribution in [0.2, 0.25) is 0 Å². The fourth-order valence-electron chi connectivity index (χ4n) is 4.27. The van der Waals surface area contributed by atoms with Gasteiger partial charge < -0.3 is 9.64 Å². The Morgan fingerprint density at radius 2 is 1.71 bits per heavy atom. The van der Waals surface area contributed by atoms with Crippen LogP contribution in [0.5, 0.6) is 5.75 Å². The highest BCUT2D eigenvalue weighted by molar-refractivity contribution is 9.10. The molecule has 6 heteroatoms. The Morgan fingerprint density at radius 3 is 2.51 bits per heavy atom. The number of benzene rings is 4. The van der Waals surface area contributed by atoms with Crippen LogP contribution in [0.3, 0.4) is 0 Å². The van der Waals surface area contributed by atoms with Crippen LogP contribution in [0.4, 0.5) is 5.69 Å². The summed E-state index contributed by atoms with van der Waals surface area (Å²) < 4.78 is 7.01. The molecule has 0 bridgehead atoms. The van der Waals surface area contributed by atoms with E-state index in [1.165, 1.54) is 23.6 Å². The average molecular weight is 528 g/mol. The highest BCUT2D eigenvalue weighted by Crippen LogP contribution is 2.24. The summed E-state index contributed by atoms with van der Waals surface area (Å²) in [6.07, 6.45) is 4.05. The van der Waals surface area contributed by atoms with Gasteiger partial charge in [0.15, 0.2) is 0 Å². The molecule has 0 saturated carbocycles. The van der Waals surface area contributed by atoms with Gasteiger partial charge in [0.25, 0.3) is 5.91 Å². The molecule has 1 amide bonds. The predicted octanol–water partition coefficient (Wildman–Crippen LogP) is 6.55. The van der Waals surface area contributed by atoms with Crippen molar-refractivity contribution in [3.8, 4) is 5.75 Å². The van der Waals surface area contributed by atoms with E-state index in [2.05, 4.69) is 61.7 Å². The van der Waals surface area contributed by atoms with E-state index < -0.39 is 0 Å². The number of nitrogens with zero attached hydrogens (tertiary/aromatic N) is 2. The molecular weight excluding hydrogens is 502 g/mol. The molecule has 1 saturated heterocycles. The highest BCUT2D eigenvalue weighted by Gasteiger charge is 2.13. The number of anilines is 1. The number of carbonyl (C=O) groups excluding carboxylic acids is 1. The lowest BCUT2D eigenvalue weighted by Gasteiger charge is -2.17. The molecular formula is C29H26BrN3O2. The van der Waals surface area contributed by atoms with Crippen molar-refractivity contribution in [2.75, 3.05) is 18.0 Å². The van der Waals surface area contributed by atoms with Crippen molar-refractivity contribution in [1.82, 2.24) is 5.43 Å². The zero-order valence-corrected chi connectivity index (χ0v) is 20.9. The van der Waals surface area contributed by atoms with Crippen LogP contribution in [0, 0.1) is 0 Å². The van der Waals surface area contributed by atoms with E-state index in [0.717, 1.165) is 34.4 Å². The molecule has 1 fully saturated rings. The fraction of sp³-hybridized carbons (Fsp3) is 0.172. The van der Waals surface area contributed by atoms with Crippen LogP contribution in [0.25, 0.3) is 10.8 Å². The molecule has 5 rings (SSSR count). The molecule has 4 aromatic carbocycles. The topological polar surface area (TPSA) is 53.9 Å². The normalized spacial score (nSPS) is 13.5. The van der Waals surface area contributed by atoms with E-state index in [1.807, 2.05) is 54.6 Å². The third kappa shape index (κ3) is 5.72. The molecule has 4 aromatic rings. The van der Waals surface area contributed by atoms with E-state index in [9.17, 15) is 4.79 Å². The van der Waals surface area contributed by atoms with Crippen molar-refractivity contribution < 1.29 is 9.53 Å². The third-order valence-corrected chi connectivity index (χ3v) is 6.64. The number of hydrogen-bond acceptors (Lipinski definition) is 4. The second kappa shape index (κ2) is 10.7. The molecule has 0 atom stereocenters. The maximum absolute atomic E-state index is 12.6. The second-order valence-electron chi connectivity index (χ2n) is 8.59. The summed E-state index contributed by atoms with van der Waals surface area (Å²) in [5.74, 6) is 0.442. The summed E-state index contributed by atoms with van der Waals surface area (Å²) in [6.45, 7) is 2.59. The van der Waals surface area contributed by atoms with E-state index in [0.29, 0.717) is 17.9 Å². The largest absolute Gasteiger partial charge is 0.488 e. The lowest BCUT2D eigenvalue weighted by atomic mass is 10.1. The van der Waals surface area contributed by atoms with Crippen molar-refractivity contribution in [2.24, 2.45) is 5.10 Å². The van der Waals surface area contributed by atoms with Gasteiger partial charge in [-0.3, -0.25) is 4.79 Å². The molecule has 35 heavy (non-hydrogen) atoms. The summed E-state index contributed by atoms with van der Waals surface area (Å²) in [4.78, 5) is 14.9. The Hall–Kier alpha value is -3.64. The van der Waals surface area contributed by atoms with Gasteiger partial charge in [-0.1, -0.05) is 52.3 Å². The summed E-state index contributed by atoms with van der Waals surface area (Å²) in [7, 11) is 0. The van der Waals surface area contributed by atoms with Crippen molar-refractivity contribution in [2.45, 2.75) is 19.4 Å². The minimum atomic E-state index is -0.247. The monoisotopic (exact) mass is 527 g/mol. The highest BCUT2D eigenvalue weighted by atomic mass is 79.9. The van der Waals surface area contributed by atoms with E-state index in [1.54, 1.807) is 6.21 Å². The molecule has 1 heterocycles. The van der Waals surface area contributed by atoms with Crippen LogP contribution in [-0.2, 0) is 6.61 Å². The summed E-state index contributed by atoms with van der Waals surface area (Å²) in [5.41, 5.74) is 6.21. The van der Waals surface area contributed by atoms with Crippen LogP contribution in [0.1, 0.15) is 34.3 Å². The minimum absolute atomic E-state index is 0.247. The zero-order chi connectivity index (χ0) is 24.0. The predicted molar refractivity (Wildman–Crippen MR) is 145 cm³/mol. The summed E-state index contributed by atoms with van der Waals surface area (Å²) in [5, 5.41) is 6.57. The van der Waals surface area contributed by atoms with Crippen molar-refractivity contribution >= 4 is 44.5 Å². The van der Waals surface area contributed by atoms with Gasteiger partial charge in [0.1, 0.15) is 12.4 Å². The number of hydrazone groups is 1. The molecule has 1 aliphatic rings. The van der Waals surface area contributed by atoms with Gasteiger partial charge in [-0.15, -0.1) is 0 Å². The Labute approximate surface area is 213 Å². The smallest absolute Gasteiger partial charge is 0.271 e. The molecule has 176 valence electrons. The first-order valence-electron chi connectivity index (χ1n) is 11.7. The van der Waals surface area contributed by atoms with E-state index >= 15 is 0 Å². The van der Waals surface area contributed by atoms with Crippen LogP contribution >= 0.6 is 15.9 Å². The zero-order valence-electron chi connectivity index (χ0n) is 19.3. The molecule has 5 nitrogen and oxygen atoms in total. The van der Waals surface area contributed by atoms with Crippen molar-refractivity contribution in [3.63, 3.8) is 0 Å². The maximum Gasteiger partial charge on any atom is 0.271 e. The fourth-order valence-corrected chi connectivity index (χ4v) is 4.64. The molecule has 0 aliphatic carbocycles. The standard InChI is InChI=1S/C29H26BrN3O2/c30-26-11-14-28(35-20-21-7-8-22-5-1-2-6-24(22)17-21)25(18-26)19-31-32-29(34)23-9-12-27(13-10-23)33-15-3-4-16-33/h1-2,5-14,17-19H,3-4,15-16,20H2,(H,32,34)/b31-19-. The van der Waals surface area contributed by atoms with Gasteiger partial charge in [-0.05, 0) is 77.7 Å². The number of fused-ring (bicyclic) bond motifs is 1. The lowest BCUT2D eigenvalue weighted by molar-refractivity contribution is 0.0955. The van der Waals surface area contributed by atoms with Gasteiger partial charge in [-0.25, -0.2) is 5.43 Å². The Kier molecular flexibility index (Phi) is 7.09. The first-order valence-corrected chi connectivity index (χ1v) is 12.5. The molecule has 0 radical (unpaired) electrons. The minimum Gasteiger partial charge on any atom is -0.488 e. The number of rotatable bonds is 7. The quantitative estimate of drug-likeness (QED) is 0.219. The number of ether oxygens (including phenoxy) is 1. The van der Waals surface area contributed by atoms with Gasteiger partial charge in [0, 0.05) is 34.4 Å². The molecule has 0 spiro atoms. The summed E-state index contributed by atoms with van der Waals surface area (Å²) >= 11 is 3.50. The molecule has 1 aliphatic heterocycles. The number of nitrogens with one attached hydrogen (secondary N) is 1. The number of carbonyl (C=O) groups is 1. The molecule has 0 aromatic heterocycles. The van der Waals surface area contributed by atoms with Gasteiger partial charge in [0.05, 0.1) is 6.21 Å². The number of halogens is 1. The van der Waals surface area contributed by atoms with Crippen molar-refractivity contribution in [1.29, 1.82) is 0 Å². The number of amides is 1. The van der Waals surface area contributed by atoms with Crippen LogP contribution in [0.15, 0.2) is 94.5 Å². The first kappa shape index (κ1) is 23.1. The second-order valence-corrected chi connectivity index (χ2v) is 9.51. The number of hydrogen-bond donors (Lipinski definition) is 1. The Morgan fingerprint density at radius 1 is 0.943 bits per heavy atom. The van der Waals surface area contributed by atoms with Crippen LogP contribution < -0.4 is 15.1 Å². The third-order valence-electron chi connectivity index (χ3n) is 6.15.